The van der Waals surface area contributed by atoms with Crippen LogP contribution in [-0.2, 0) is 11.2 Å². The second kappa shape index (κ2) is 9.39. The molecule has 1 aromatic heterocycles. The minimum Gasteiger partial charge on any atom is -0.353 e. The highest BCUT2D eigenvalue weighted by Crippen LogP contribution is 2.28. The Morgan fingerprint density at radius 1 is 0.903 bits per heavy atom. The normalized spacial score (nSPS) is 12.1. The summed E-state index contributed by atoms with van der Waals surface area (Å²) in [6.45, 7) is 2.03. The summed E-state index contributed by atoms with van der Waals surface area (Å²) in [5, 5.41) is 3.69. The zero-order valence-electron chi connectivity index (χ0n) is 17.4. The summed E-state index contributed by atoms with van der Waals surface area (Å²) >= 11 is 0. The van der Waals surface area contributed by atoms with Crippen molar-refractivity contribution in [2.45, 2.75) is 31.7 Å². The first-order valence-electron chi connectivity index (χ1n) is 10.5. The third-order valence-electron chi connectivity index (χ3n) is 5.46. The van der Waals surface area contributed by atoms with Crippen LogP contribution in [0.4, 0.5) is 0 Å². The molecule has 5 nitrogen and oxygen atoms in total. The molecule has 1 amide bonds. The van der Waals surface area contributed by atoms with Gasteiger partial charge in [0, 0.05) is 24.8 Å². The molecule has 31 heavy (non-hydrogen) atoms. The molecule has 0 aliphatic rings. The van der Waals surface area contributed by atoms with Gasteiger partial charge in [0.15, 0.2) is 0 Å². The molecule has 0 spiro atoms. The average molecular weight is 412 g/mol. The number of para-hydroxylation sites is 1. The molecule has 0 radical (unpaired) electrons. The summed E-state index contributed by atoms with van der Waals surface area (Å²) in [7, 11) is 0. The van der Waals surface area contributed by atoms with Crippen molar-refractivity contribution in [2.24, 2.45) is 0 Å². The number of aryl methyl sites for hydroxylation is 1. The molecule has 3 aromatic carbocycles. The number of H-pyrrole nitrogens is 1. The predicted octanol–water partition coefficient (Wildman–Crippen LogP) is 4.19. The lowest BCUT2D eigenvalue weighted by molar-refractivity contribution is -0.121. The molecular weight excluding hydrogens is 386 g/mol. The Bertz CT molecular complexity index is 1180. The zero-order valence-corrected chi connectivity index (χ0v) is 17.4. The lowest BCUT2D eigenvalue weighted by Crippen LogP contribution is -2.37. The average Bonchev–Trinajstić information content (AvgIpc) is 2.79. The molecule has 0 aliphatic carbocycles. The lowest BCUT2D eigenvalue weighted by atomic mass is 9.86. The second-order valence-electron chi connectivity index (χ2n) is 7.68. The summed E-state index contributed by atoms with van der Waals surface area (Å²) in [5.74, 6) is 0.499. The molecule has 4 rings (SSSR count). The van der Waals surface area contributed by atoms with Gasteiger partial charge in [0.2, 0.25) is 5.91 Å². The lowest BCUT2D eigenvalue weighted by Gasteiger charge is -2.26. The van der Waals surface area contributed by atoms with Crippen molar-refractivity contribution in [3.63, 3.8) is 0 Å². The van der Waals surface area contributed by atoms with Crippen LogP contribution in [0.15, 0.2) is 89.7 Å². The highest BCUT2D eigenvalue weighted by molar-refractivity contribution is 5.78. The monoisotopic (exact) mass is 411 g/mol. The smallest absolute Gasteiger partial charge is 0.258 e. The number of nitrogens with one attached hydrogen (secondary N) is 2. The number of fused-ring (bicyclic) bond motifs is 1. The van der Waals surface area contributed by atoms with Crippen molar-refractivity contribution >= 4 is 16.8 Å². The van der Waals surface area contributed by atoms with Gasteiger partial charge in [-0.15, -0.1) is 0 Å². The first-order chi connectivity index (χ1) is 15.1. The zero-order chi connectivity index (χ0) is 21.6. The van der Waals surface area contributed by atoms with E-state index in [1.54, 1.807) is 12.1 Å². The fourth-order valence-electron chi connectivity index (χ4n) is 3.99. The molecule has 0 saturated heterocycles. The van der Waals surface area contributed by atoms with E-state index in [-0.39, 0.29) is 29.8 Å². The maximum atomic E-state index is 12.7. The Balaban J connectivity index is 1.46. The number of hydrogen-bond acceptors (Lipinski definition) is 3. The van der Waals surface area contributed by atoms with E-state index in [1.165, 1.54) is 0 Å². The van der Waals surface area contributed by atoms with Gasteiger partial charge in [-0.2, -0.15) is 0 Å². The van der Waals surface area contributed by atoms with Gasteiger partial charge >= 0.3 is 0 Å². The first-order valence-corrected chi connectivity index (χ1v) is 10.5. The van der Waals surface area contributed by atoms with E-state index >= 15 is 0 Å². The molecule has 0 saturated carbocycles. The molecule has 0 aliphatic heterocycles. The third kappa shape index (κ3) is 4.89. The fraction of sp³-hybridized carbons (Fsp3) is 0.192. The van der Waals surface area contributed by atoms with Crippen LogP contribution in [0.25, 0.3) is 10.9 Å². The predicted molar refractivity (Wildman–Crippen MR) is 123 cm³/mol. The van der Waals surface area contributed by atoms with Gasteiger partial charge in [-0.25, -0.2) is 4.98 Å². The van der Waals surface area contributed by atoms with Gasteiger partial charge in [-0.05, 0) is 30.2 Å². The van der Waals surface area contributed by atoms with Crippen LogP contribution in [0.3, 0.4) is 0 Å². The molecule has 5 heteroatoms. The molecule has 4 aromatic rings. The Hall–Kier alpha value is -3.73. The SMILES string of the molecule is CC(NC(=O)CCc1nc2ccccc2c(=O)[nH]1)C(c1ccccc1)c1ccccc1. The fourth-order valence-corrected chi connectivity index (χ4v) is 3.99. The molecule has 2 N–H and O–H groups in total. The molecule has 1 unspecified atom stereocenters. The van der Waals surface area contributed by atoms with E-state index in [9.17, 15) is 9.59 Å². The molecular formula is C26H25N3O2. The van der Waals surface area contributed by atoms with E-state index in [1.807, 2.05) is 55.5 Å². The van der Waals surface area contributed by atoms with E-state index in [4.69, 9.17) is 0 Å². The summed E-state index contributed by atoms with van der Waals surface area (Å²) in [6.07, 6.45) is 0.627. The third-order valence-corrected chi connectivity index (χ3v) is 5.46. The maximum absolute atomic E-state index is 12.7. The van der Waals surface area contributed by atoms with Gasteiger partial charge in [-0.3, -0.25) is 9.59 Å². The van der Waals surface area contributed by atoms with E-state index in [0.29, 0.717) is 23.1 Å². The number of amides is 1. The van der Waals surface area contributed by atoms with Crippen LogP contribution in [0, 0.1) is 0 Å². The first kappa shape index (κ1) is 20.5. The number of benzene rings is 3. The minimum absolute atomic E-state index is 0.0463. The highest BCUT2D eigenvalue weighted by Gasteiger charge is 2.22. The number of carbonyl (C=O) groups is 1. The van der Waals surface area contributed by atoms with Gasteiger partial charge in [0.25, 0.3) is 5.56 Å². The van der Waals surface area contributed by atoms with Gasteiger partial charge in [0.05, 0.1) is 10.9 Å². The molecule has 0 fully saturated rings. The molecule has 0 bridgehead atoms. The van der Waals surface area contributed by atoms with Crippen molar-refractivity contribution in [3.05, 3.63) is 112 Å². The molecule has 156 valence electrons. The van der Waals surface area contributed by atoms with Gasteiger partial charge in [0.1, 0.15) is 5.82 Å². The largest absolute Gasteiger partial charge is 0.353 e. The van der Waals surface area contributed by atoms with Crippen LogP contribution in [0.2, 0.25) is 0 Å². The minimum atomic E-state index is -0.178. The van der Waals surface area contributed by atoms with Crippen molar-refractivity contribution < 1.29 is 4.79 Å². The van der Waals surface area contributed by atoms with Gasteiger partial charge in [-0.1, -0.05) is 72.8 Å². The van der Waals surface area contributed by atoms with Crippen molar-refractivity contribution in [2.75, 3.05) is 0 Å². The van der Waals surface area contributed by atoms with Gasteiger partial charge < -0.3 is 10.3 Å². The summed E-state index contributed by atoms with van der Waals surface area (Å²) < 4.78 is 0. The molecule has 1 atom stereocenters. The Morgan fingerprint density at radius 2 is 1.48 bits per heavy atom. The quantitative estimate of drug-likeness (QED) is 0.479. The van der Waals surface area contributed by atoms with E-state index in [0.717, 1.165) is 11.1 Å². The van der Waals surface area contributed by atoms with E-state index < -0.39 is 0 Å². The summed E-state index contributed by atoms with van der Waals surface area (Å²) in [5.41, 5.74) is 2.77. The summed E-state index contributed by atoms with van der Waals surface area (Å²) in [6, 6.07) is 27.5. The number of carbonyl (C=O) groups excluding carboxylic acids is 1. The summed E-state index contributed by atoms with van der Waals surface area (Å²) in [4.78, 5) is 32.2. The van der Waals surface area contributed by atoms with Crippen LogP contribution in [0.1, 0.15) is 36.2 Å². The van der Waals surface area contributed by atoms with Crippen LogP contribution < -0.4 is 10.9 Å². The molecule has 1 heterocycles. The number of aromatic amines is 1. The number of aromatic nitrogens is 2. The van der Waals surface area contributed by atoms with Crippen LogP contribution in [-0.4, -0.2) is 21.9 Å². The van der Waals surface area contributed by atoms with Crippen LogP contribution >= 0.6 is 0 Å². The number of nitrogens with zero attached hydrogens (tertiary/aromatic N) is 1. The van der Waals surface area contributed by atoms with Crippen molar-refractivity contribution in [1.29, 1.82) is 0 Å². The van der Waals surface area contributed by atoms with Crippen molar-refractivity contribution in [3.8, 4) is 0 Å². The second-order valence-corrected chi connectivity index (χ2v) is 7.68. The standard InChI is InChI=1S/C26H25N3O2/c1-18(25(19-10-4-2-5-11-19)20-12-6-3-7-13-20)27-24(30)17-16-23-28-22-15-9-8-14-21(22)26(31)29-23/h2-15,18,25H,16-17H2,1H3,(H,27,30)(H,28,29,31). The van der Waals surface area contributed by atoms with Crippen LogP contribution in [0.5, 0.6) is 0 Å². The number of rotatable bonds is 7. The highest BCUT2D eigenvalue weighted by atomic mass is 16.1. The topological polar surface area (TPSA) is 74.8 Å². The van der Waals surface area contributed by atoms with Crippen molar-refractivity contribution in [1.82, 2.24) is 15.3 Å². The van der Waals surface area contributed by atoms with E-state index in [2.05, 4.69) is 39.6 Å². The Labute approximate surface area is 181 Å². The Kier molecular flexibility index (Phi) is 6.22. The maximum Gasteiger partial charge on any atom is 0.258 e. The Morgan fingerprint density at radius 3 is 2.13 bits per heavy atom. The number of hydrogen-bond donors (Lipinski definition) is 2.